The number of nitrogens with zero attached hydrogens (tertiary/aromatic N) is 2. The van der Waals surface area contributed by atoms with E-state index >= 15 is 0 Å². The molecule has 0 aliphatic carbocycles. The quantitative estimate of drug-likeness (QED) is 0.885. The summed E-state index contributed by atoms with van der Waals surface area (Å²) >= 11 is 0. The van der Waals surface area contributed by atoms with E-state index in [9.17, 15) is 9.59 Å². The van der Waals surface area contributed by atoms with E-state index < -0.39 is 5.97 Å². The Bertz CT molecular complexity index is 605. The molecule has 0 saturated heterocycles. The lowest BCUT2D eigenvalue weighted by Crippen LogP contribution is -2.32. The fraction of sp³-hybridized carbons (Fsp3) is 0.154. The molecule has 1 aromatic carbocycles. The first-order chi connectivity index (χ1) is 8.59. The van der Waals surface area contributed by atoms with Crippen molar-refractivity contribution in [2.24, 2.45) is 0 Å². The number of carboxylic acid groups (broad SMARTS) is 1. The van der Waals surface area contributed by atoms with Gasteiger partial charge in [0.05, 0.1) is 11.1 Å². The van der Waals surface area contributed by atoms with Gasteiger partial charge in [0.1, 0.15) is 6.54 Å². The number of carbonyl (C=O) groups is 2. The molecule has 1 aromatic heterocycles. The van der Waals surface area contributed by atoms with Crippen LogP contribution < -0.4 is 0 Å². The zero-order valence-corrected chi connectivity index (χ0v) is 9.83. The average molecular weight is 244 g/mol. The van der Waals surface area contributed by atoms with E-state index in [1.165, 1.54) is 7.05 Å². The summed E-state index contributed by atoms with van der Waals surface area (Å²) in [6.45, 7) is -0.331. The monoisotopic (exact) mass is 244 g/mol. The molecule has 0 aliphatic rings. The van der Waals surface area contributed by atoms with E-state index in [4.69, 9.17) is 5.11 Å². The molecular formula is C13H12N2O3. The fourth-order valence-corrected chi connectivity index (χ4v) is 1.76. The number of carbonyl (C=O) groups excluding carboxylic acids is 1. The number of rotatable bonds is 3. The Hall–Kier alpha value is -2.43. The summed E-state index contributed by atoms with van der Waals surface area (Å²) in [5.74, 6) is -1.39. The summed E-state index contributed by atoms with van der Waals surface area (Å²) in [6.07, 6.45) is 1.61. The van der Waals surface area contributed by atoms with Crippen LogP contribution in [0.4, 0.5) is 0 Å². The molecule has 5 heteroatoms. The molecule has 2 aromatic rings. The van der Waals surface area contributed by atoms with Gasteiger partial charge in [-0.3, -0.25) is 14.6 Å². The van der Waals surface area contributed by atoms with Gasteiger partial charge in [-0.05, 0) is 12.1 Å². The molecule has 0 bridgehead atoms. The topological polar surface area (TPSA) is 70.5 Å². The Labute approximate surface area is 104 Å². The first-order valence-electron chi connectivity index (χ1n) is 5.40. The van der Waals surface area contributed by atoms with Gasteiger partial charge in [-0.15, -0.1) is 0 Å². The Kier molecular flexibility index (Phi) is 3.23. The van der Waals surface area contributed by atoms with Crippen molar-refractivity contribution >= 4 is 22.8 Å². The normalized spacial score (nSPS) is 10.3. The summed E-state index contributed by atoms with van der Waals surface area (Å²) < 4.78 is 0. The maximum absolute atomic E-state index is 12.1. The number of amides is 1. The predicted molar refractivity (Wildman–Crippen MR) is 66.3 cm³/mol. The van der Waals surface area contributed by atoms with E-state index in [-0.39, 0.29) is 12.5 Å². The number of fused-ring (bicyclic) bond motifs is 1. The molecule has 1 amide bonds. The molecular weight excluding hydrogens is 232 g/mol. The Morgan fingerprint density at radius 3 is 2.72 bits per heavy atom. The second kappa shape index (κ2) is 4.83. The van der Waals surface area contributed by atoms with Crippen LogP contribution in [0.5, 0.6) is 0 Å². The van der Waals surface area contributed by atoms with Gasteiger partial charge in [0.15, 0.2) is 0 Å². The number of hydrogen-bond acceptors (Lipinski definition) is 3. The van der Waals surface area contributed by atoms with Crippen LogP contribution in [0.1, 0.15) is 10.4 Å². The number of pyridine rings is 1. The summed E-state index contributed by atoms with van der Waals surface area (Å²) in [4.78, 5) is 28.0. The Balaban J connectivity index is 2.42. The van der Waals surface area contributed by atoms with Crippen molar-refractivity contribution in [2.75, 3.05) is 13.6 Å². The lowest BCUT2D eigenvalue weighted by Gasteiger charge is -2.15. The lowest BCUT2D eigenvalue weighted by atomic mass is 10.1. The number of hydrogen-bond donors (Lipinski definition) is 1. The number of aliphatic carboxylic acids is 1. The van der Waals surface area contributed by atoms with Gasteiger partial charge in [0, 0.05) is 18.6 Å². The zero-order chi connectivity index (χ0) is 13.1. The second-order valence-electron chi connectivity index (χ2n) is 3.94. The number of para-hydroxylation sites is 1. The van der Waals surface area contributed by atoms with Crippen molar-refractivity contribution in [3.8, 4) is 0 Å². The zero-order valence-electron chi connectivity index (χ0n) is 9.83. The molecule has 1 heterocycles. The molecule has 0 atom stereocenters. The van der Waals surface area contributed by atoms with Crippen molar-refractivity contribution < 1.29 is 14.7 Å². The molecule has 0 unspecified atom stereocenters. The molecule has 18 heavy (non-hydrogen) atoms. The van der Waals surface area contributed by atoms with Crippen molar-refractivity contribution in [3.63, 3.8) is 0 Å². The highest BCUT2D eigenvalue weighted by molar-refractivity contribution is 6.05. The van der Waals surface area contributed by atoms with Crippen molar-refractivity contribution in [1.82, 2.24) is 9.88 Å². The van der Waals surface area contributed by atoms with Crippen LogP contribution in [0.25, 0.3) is 10.9 Å². The molecule has 0 radical (unpaired) electrons. The highest BCUT2D eigenvalue weighted by Gasteiger charge is 2.17. The molecule has 1 N–H and O–H groups in total. The minimum Gasteiger partial charge on any atom is -0.480 e. The van der Waals surface area contributed by atoms with Gasteiger partial charge < -0.3 is 10.0 Å². The fourth-order valence-electron chi connectivity index (χ4n) is 1.76. The minimum absolute atomic E-state index is 0.331. The van der Waals surface area contributed by atoms with Crippen LogP contribution in [0.2, 0.25) is 0 Å². The molecule has 0 fully saturated rings. The van der Waals surface area contributed by atoms with E-state index in [2.05, 4.69) is 4.98 Å². The largest absolute Gasteiger partial charge is 0.480 e. The van der Waals surface area contributed by atoms with Gasteiger partial charge in [0.2, 0.25) is 0 Å². The van der Waals surface area contributed by atoms with Gasteiger partial charge in [-0.2, -0.15) is 0 Å². The molecule has 0 saturated carbocycles. The SMILES string of the molecule is CN(CC(=O)O)C(=O)c1cccc2cccnc12. The predicted octanol–water partition coefficient (Wildman–Crippen LogP) is 1.39. The first kappa shape index (κ1) is 12.0. The molecule has 5 nitrogen and oxygen atoms in total. The van der Waals surface area contributed by atoms with E-state index in [1.807, 2.05) is 12.1 Å². The smallest absolute Gasteiger partial charge is 0.323 e. The third-order valence-electron chi connectivity index (χ3n) is 2.58. The van der Waals surface area contributed by atoms with Crippen LogP contribution in [0.15, 0.2) is 36.5 Å². The van der Waals surface area contributed by atoms with Crippen molar-refractivity contribution in [3.05, 3.63) is 42.1 Å². The maximum atomic E-state index is 12.1. The van der Waals surface area contributed by atoms with Gasteiger partial charge in [-0.1, -0.05) is 18.2 Å². The van der Waals surface area contributed by atoms with Crippen molar-refractivity contribution in [2.45, 2.75) is 0 Å². The number of likely N-dealkylation sites (N-methyl/N-ethyl adjacent to an activating group) is 1. The number of benzene rings is 1. The first-order valence-corrected chi connectivity index (χ1v) is 5.40. The van der Waals surface area contributed by atoms with Crippen LogP contribution in [-0.4, -0.2) is 40.5 Å². The molecule has 0 aliphatic heterocycles. The molecule has 2 rings (SSSR count). The van der Waals surface area contributed by atoms with E-state index in [0.717, 1.165) is 10.3 Å². The van der Waals surface area contributed by atoms with Crippen LogP contribution in [0.3, 0.4) is 0 Å². The number of carboxylic acids is 1. The second-order valence-corrected chi connectivity index (χ2v) is 3.94. The summed E-state index contributed by atoms with van der Waals surface area (Å²) in [6, 6.07) is 8.91. The maximum Gasteiger partial charge on any atom is 0.323 e. The Morgan fingerprint density at radius 1 is 1.28 bits per heavy atom. The Morgan fingerprint density at radius 2 is 2.00 bits per heavy atom. The van der Waals surface area contributed by atoms with E-state index in [1.54, 1.807) is 24.4 Å². The third kappa shape index (κ3) is 2.29. The lowest BCUT2D eigenvalue weighted by molar-refractivity contribution is -0.137. The summed E-state index contributed by atoms with van der Waals surface area (Å²) in [7, 11) is 1.46. The summed E-state index contributed by atoms with van der Waals surface area (Å²) in [5.41, 5.74) is 0.999. The molecule has 92 valence electrons. The van der Waals surface area contributed by atoms with E-state index in [0.29, 0.717) is 11.1 Å². The minimum atomic E-state index is -1.04. The van der Waals surface area contributed by atoms with Gasteiger partial charge >= 0.3 is 5.97 Å². The number of aromatic nitrogens is 1. The van der Waals surface area contributed by atoms with Crippen LogP contribution in [-0.2, 0) is 4.79 Å². The molecule has 0 spiro atoms. The van der Waals surface area contributed by atoms with Crippen LogP contribution >= 0.6 is 0 Å². The highest BCUT2D eigenvalue weighted by Crippen LogP contribution is 2.17. The average Bonchev–Trinajstić information content (AvgIpc) is 2.36. The van der Waals surface area contributed by atoms with Crippen LogP contribution in [0, 0.1) is 0 Å². The van der Waals surface area contributed by atoms with Gasteiger partial charge in [-0.25, -0.2) is 0 Å². The highest BCUT2D eigenvalue weighted by atomic mass is 16.4. The summed E-state index contributed by atoms with van der Waals surface area (Å²) in [5, 5.41) is 9.54. The van der Waals surface area contributed by atoms with Crippen molar-refractivity contribution in [1.29, 1.82) is 0 Å². The standard InChI is InChI=1S/C13H12N2O3/c1-15(8-11(16)17)13(18)10-6-2-4-9-5-3-7-14-12(9)10/h2-7H,8H2,1H3,(H,16,17). The van der Waals surface area contributed by atoms with Gasteiger partial charge in [0.25, 0.3) is 5.91 Å². The third-order valence-corrected chi connectivity index (χ3v) is 2.58.